The van der Waals surface area contributed by atoms with E-state index in [0.29, 0.717) is 16.5 Å². The predicted molar refractivity (Wildman–Crippen MR) is 93.0 cm³/mol. The van der Waals surface area contributed by atoms with E-state index in [1.807, 2.05) is 19.9 Å². The van der Waals surface area contributed by atoms with E-state index in [0.717, 1.165) is 11.1 Å². The molecule has 0 aliphatic rings. The van der Waals surface area contributed by atoms with Gasteiger partial charge >= 0.3 is 11.6 Å². The lowest BCUT2D eigenvalue weighted by molar-refractivity contribution is 0.0470. The zero-order valence-electron chi connectivity index (χ0n) is 13.9. The zero-order chi connectivity index (χ0) is 18.0. The van der Waals surface area contributed by atoms with Crippen LogP contribution in [-0.2, 0) is 4.74 Å². The summed E-state index contributed by atoms with van der Waals surface area (Å²) in [5.41, 5.74) is 1.88. The number of ketones is 1. The second-order valence-electron chi connectivity index (χ2n) is 5.78. The van der Waals surface area contributed by atoms with Crippen molar-refractivity contribution in [1.29, 1.82) is 0 Å². The third-order valence-electron chi connectivity index (χ3n) is 4.02. The predicted octanol–water partition coefficient (Wildman–Crippen LogP) is 3.45. The molecule has 2 aromatic carbocycles. The Morgan fingerprint density at radius 1 is 1.00 bits per heavy atom. The molecule has 5 nitrogen and oxygen atoms in total. The monoisotopic (exact) mass is 336 g/mol. The Kier molecular flexibility index (Phi) is 4.48. The van der Waals surface area contributed by atoms with Crippen molar-refractivity contribution in [2.45, 2.75) is 13.8 Å². The number of ether oxygens (including phenoxy) is 1. The molecular weight excluding hydrogens is 320 g/mol. The number of rotatable bonds is 4. The Balaban J connectivity index is 1.76. The van der Waals surface area contributed by atoms with Crippen LogP contribution in [0.4, 0.5) is 0 Å². The van der Waals surface area contributed by atoms with Crippen molar-refractivity contribution in [2.75, 3.05) is 6.61 Å². The Hall–Kier alpha value is -3.21. The molecule has 0 N–H and O–H groups in total. The number of hydrogen-bond acceptors (Lipinski definition) is 5. The average molecular weight is 336 g/mol. The van der Waals surface area contributed by atoms with Crippen LogP contribution in [-0.4, -0.2) is 18.4 Å². The molecule has 0 spiro atoms. The van der Waals surface area contributed by atoms with E-state index in [1.165, 1.54) is 6.07 Å². The third kappa shape index (κ3) is 3.50. The first-order valence-corrected chi connectivity index (χ1v) is 7.76. The SMILES string of the molecule is Cc1ccc(C(=O)COC(=O)c2cc3ccccc3oc2=O)cc1C. The summed E-state index contributed by atoms with van der Waals surface area (Å²) in [7, 11) is 0. The Bertz CT molecular complexity index is 1030. The van der Waals surface area contributed by atoms with Gasteiger partial charge in [0.15, 0.2) is 12.4 Å². The fourth-order valence-electron chi connectivity index (χ4n) is 2.41. The smallest absolute Gasteiger partial charge is 0.351 e. The maximum absolute atomic E-state index is 12.2. The summed E-state index contributed by atoms with van der Waals surface area (Å²) in [6.07, 6.45) is 0. The quantitative estimate of drug-likeness (QED) is 0.414. The highest BCUT2D eigenvalue weighted by molar-refractivity contribution is 6.00. The molecule has 0 fully saturated rings. The molecule has 0 unspecified atom stereocenters. The average Bonchev–Trinajstić information content (AvgIpc) is 2.61. The van der Waals surface area contributed by atoms with Gasteiger partial charge in [0.05, 0.1) is 0 Å². The molecule has 0 atom stereocenters. The van der Waals surface area contributed by atoms with Crippen LogP contribution in [0.3, 0.4) is 0 Å². The van der Waals surface area contributed by atoms with E-state index in [2.05, 4.69) is 0 Å². The van der Waals surface area contributed by atoms with Crippen LogP contribution in [0.1, 0.15) is 31.8 Å². The van der Waals surface area contributed by atoms with Crippen molar-refractivity contribution >= 4 is 22.7 Å². The normalized spacial score (nSPS) is 10.6. The molecule has 126 valence electrons. The zero-order valence-corrected chi connectivity index (χ0v) is 13.9. The van der Waals surface area contributed by atoms with E-state index in [4.69, 9.17) is 9.15 Å². The van der Waals surface area contributed by atoms with Crippen LogP contribution in [0.15, 0.2) is 57.7 Å². The molecule has 0 saturated heterocycles. The molecule has 1 aromatic heterocycles. The van der Waals surface area contributed by atoms with Gasteiger partial charge in [-0.3, -0.25) is 4.79 Å². The summed E-state index contributed by atoms with van der Waals surface area (Å²) in [6, 6.07) is 13.5. The molecule has 0 saturated carbocycles. The van der Waals surface area contributed by atoms with Gasteiger partial charge in [-0.15, -0.1) is 0 Å². The Morgan fingerprint density at radius 3 is 2.52 bits per heavy atom. The van der Waals surface area contributed by atoms with Crippen molar-refractivity contribution < 1.29 is 18.7 Å². The number of Topliss-reactive ketones (excluding diaryl/α,β-unsaturated/α-hetero) is 1. The molecule has 0 radical (unpaired) electrons. The molecule has 25 heavy (non-hydrogen) atoms. The highest BCUT2D eigenvalue weighted by Gasteiger charge is 2.17. The van der Waals surface area contributed by atoms with Gasteiger partial charge < -0.3 is 9.15 Å². The van der Waals surface area contributed by atoms with Crippen molar-refractivity contribution in [3.63, 3.8) is 0 Å². The topological polar surface area (TPSA) is 73.6 Å². The van der Waals surface area contributed by atoms with Gasteiger partial charge in [0.1, 0.15) is 11.1 Å². The van der Waals surface area contributed by atoms with Crippen LogP contribution >= 0.6 is 0 Å². The van der Waals surface area contributed by atoms with E-state index in [1.54, 1.807) is 36.4 Å². The molecule has 0 amide bonds. The highest BCUT2D eigenvalue weighted by atomic mass is 16.5. The fourth-order valence-corrected chi connectivity index (χ4v) is 2.41. The van der Waals surface area contributed by atoms with Gasteiger partial charge in [-0.1, -0.05) is 30.3 Å². The molecule has 0 aliphatic heterocycles. The van der Waals surface area contributed by atoms with E-state index >= 15 is 0 Å². The van der Waals surface area contributed by atoms with Gasteiger partial charge in [0.2, 0.25) is 0 Å². The summed E-state index contributed by atoms with van der Waals surface area (Å²) >= 11 is 0. The number of para-hydroxylation sites is 1. The van der Waals surface area contributed by atoms with Gasteiger partial charge in [0.25, 0.3) is 0 Å². The number of aryl methyl sites for hydroxylation is 2. The first kappa shape index (κ1) is 16.6. The molecule has 5 heteroatoms. The Morgan fingerprint density at radius 2 is 1.76 bits per heavy atom. The minimum absolute atomic E-state index is 0.230. The lowest BCUT2D eigenvalue weighted by Gasteiger charge is -2.06. The molecule has 3 rings (SSSR count). The Labute approximate surface area is 143 Å². The molecular formula is C20H16O5. The first-order chi connectivity index (χ1) is 12.0. The summed E-state index contributed by atoms with van der Waals surface area (Å²) in [5, 5.41) is 0.606. The van der Waals surface area contributed by atoms with Crippen LogP contribution in [0.25, 0.3) is 11.0 Å². The largest absolute Gasteiger partial charge is 0.453 e. The maximum atomic E-state index is 12.2. The standard InChI is InChI=1S/C20H16O5/c1-12-7-8-14(9-13(12)2)17(21)11-24-19(22)16-10-15-5-3-4-6-18(15)25-20(16)23/h3-10H,11H2,1-2H3. The van der Waals surface area contributed by atoms with Crippen LogP contribution in [0.5, 0.6) is 0 Å². The third-order valence-corrected chi connectivity index (χ3v) is 4.02. The minimum atomic E-state index is -0.878. The van der Waals surface area contributed by atoms with Crippen molar-refractivity contribution in [3.05, 3.63) is 81.2 Å². The summed E-state index contributed by atoms with van der Waals surface area (Å²) < 4.78 is 10.1. The van der Waals surface area contributed by atoms with Crippen molar-refractivity contribution in [2.24, 2.45) is 0 Å². The van der Waals surface area contributed by atoms with Gasteiger partial charge in [-0.2, -0.15) is 0 Å². The van der Waals surface area contributed by atoms with Crippen molar-refractivity contribution in [1.82, 2.24) is 0 Å². The number of esters is 1. The molecule has 3 aromatic rings. The van der Waals surface area contributed by atoms with Crippen LogP contribution in [0.2, 0.25) is 0 Å². The fraction of sp³-hybridized carbons (Fsp3) is 0.150. The van der Waals surface area contributed by atoms with Gasteiger partial charge in [-0.05, 0) is 43.2 Å². The molecule has 0 aliphatic carbocycles. The van der Waals surface area contributed by atoms with Crippen molar-refractivity contribution in [3.8, 4) is 0 Å². The van der Waals surface area contributed by atoms with E-state index in [-0.39, 0.29) is 11.3 Å². The maximum Gasteiger partial charge on any atom is 0.351 e. The number of carbonyl (C=O) groups is 2. The second kappa shape index (κ2) is 6.73. The lowest BCUT2D eigenvalue weighted by Crippen LogP contribution is -2.20. The van der Waals surface area contributed by atoms with Gasteiger partial charge in [0, 0.05) is 10.9 Å². The lowest BCUT2D eigenvalue weighted by atomic mass is 10.0. The van der Waals surface area contributed by atoms with E-state index in [9.17, 15) is 14.4 Å². The van der Waals surface area contributed by atoms with Crippen LogP contribution < -0.4 is 5.63 Å². The first-order valence-electron chi connectivity index (χ1n) is 7.76. The second-order valence-corrected chi connectivity index (χ2v) is 5.78. The summed E-state index contributed by atoms with van der Waals surface area (Å²) in [4.78, 5) is 36.2. The highest BCUT2D eigenvalue weighted by Crippen LogP contribution is 2.14. The summed E-state index contributed by atoms with van der Waals surface area (Å²) in [6.45, 7) is 3.41. The molecule has 1 heterocycles. The number of fused-ring (bicyclic) bond motifs is 1. The minimum Gasteiger partial charge on any atom is -0.453 e. The van der Waals surface area contributed by atoms with E-state index < -0.39 is 18.2 Å². The number of hydrogen-bond donors (Lipinski definition) is 0. The summed E-state index contributed by atoms with van der Waals surface area (Å²) in [5.74, 6) is -1.21. The number of carbonyl (C=O) groups excluding carboxylic acids is 2. The number of benzene rings is 2. The van der Waals surface area contributed by atoms with Gasteiger partial charge in [-0.25, -0.2) is 9.59 Å². The van der Waals surface area contributed by atoms with Crippen LogP contribution in [0, 0.1) is 13.8 Å². The molecule has 0 bridgehead atoms.